The van der Waals surface area contributed by atoms with Crippen LogP contribution in [0.5, 0.6) is 0 Å². The van der Waals surface area contributed by atoms with Gasteiger partial charge in [0.25, 0.3) is 0 Å². The molecule has 0 atom stereocenters. The van der Waals surface area contributed by atoms with E-state index in [4.69, 9.17) is 5.26 Å². The molecule has 0 aliphatic carbocycles. The van der Waals surface area contributed by atoms with Crippen molar-refractivity contribution >= 4 is 0 Å². The van der Waals surface area contributed by atoms with Crippen molar-refractivity contribution < 1.29 is 0 Å². The maximum atomic E-state index is 8.60. The monoisotopic (exact) mass is 147 g/mol. The first kappa shape index (κ1) is 9.71. The fourth-order valence-corrected chi connectivity index (χ4v) is 0.629. The van der Waals surface area contributed by atoms with E-state index in [0.29, 0.717) is 5.57 Å². The van der Waals surface area contributed by atoms with Gasteiger partial charge in [-0.05, 0) is 32.9 Å². The third kappa shape index (κ3) is 5.17. The van der Waals surface area contributed by atoms with Crippen LogP contribution in [0.15, 0.2) is 35.5 Å². The third-order valence-electron chi connectivity index (χ3n) is 1.04. The molecule has 0 aromatic rings. The maximum absolute atomic E-state index is 8.60. The second kappa shape index (κ2) is 5.49. The van der Waals surface area contributed by atoms with Crippen LogP contribution < -0.4 is 0 Å². The van der Waals surface area contributed by atoms with Crippen LogP contribution in [0.3, 0.4) is 0 Å². The van der Waals surface area contributed by atoms with Gasteiger partial charge in [-0.1, -0.05) is 17.7 Å². The smallest absolute Gasteiger partial charge is 0.0991 e. The molecule has 0 radical (unpaired) electrons. The second-order valence-electron chi connectivity index (χ2n) is 2.48. The van der Waals surface area contributed by atoms with Gasteiger partial charge in [0.1, 0.15) is 0 Å². The molecule has 0 aliphatic heterocycles. The summed E-state index contributed by atoms with van der Waals surface area (Å²) in [6, 6.07) is 2.10. The molecule has 58 valence electrons. The Balaban J connectivity index is 4.45. The van der Waals surface area contributed by atoms with Crippen LogP contribution in [-0.4, -0.2) is 0 Å². The summed E-state index contributed by atoms with van der Waals surface area (Å²) >= 11 is 0. The number of allylic oxidation sites excluding steroid dienone is 6. The fourth-order valence-electron chi connectivity index (χ4n) is 0.629. The first-order valence-corrected chi connectivity index (χ1v) is 3.58. The highest BCUT2D eigenvalue weighted by Gasteiger charge is 1.85. The predicted molar refractivity (Wildman–Crippen MR) is 47.9 cm³/mol. The van der Waals surface area contributed by atoms with Gasteiger partial charge in [0, 0.05) is 0 Å². The van der Waals surface area contributed by atoms with Crippen LogP contribution in [0, 0.1) is 11.3 Å². The molecule has 0 aromatic carbocycles. The Bertz CT molecular complexity index is 232. The zero-order valence-corrected chi connectivity index (χ0v) is 7.26. The van der Waals surface area contributed by atoms with Crippen molar-refractivity contribution in [3.63, 3.8) is 0 Å². The minimum Gasteiger partial charge on any atom is -0.192 e. The number of nitriles is 1. The van der Waals surface area contributed by atoms with E-state index in [1.807, 2.05) is 39.0 Å². The maximum Gasteiger partial charge on any atom is 0.0991 e. The number of rotatable bonds is 2. The average Bonchev–Trinajstić information content (AvgIpc) is 1.97. The quantitative estimate of drug-likeness (QED) is 0.435. The molecule has 0 rings (SSSR count). The van der Waals surface area contributed by atoms with Gasteiger partial charge in [-0.3, -0.25) is 0 Å². The summed E-state index contributed by atoms with van der Waals surface area (Å²) in [5, 5.41) is 8.60. The molecule has 0 N–H and O–H groups in total. The predicted octanol–water partition coefficient (Wildman–Crippen LogP) is 2.98. The third-order valence-corrected chi connectivity index (χ3v) is 1.04. The Morgan fingerprint density at radius 1 is 1.36 bits per heavy atom. The highest BCUT2D eigenvalue weighted by molar-refractivity contribution is 5.37. The first-order chi connectivity index (χ1) is 5.20. The van der Waals surface area contributed by atoms with Gasteiger partial charge in [0.15, 0.2) is 0 Å². The first-order valence-electron chi connectivity index (χ1n) is 3.58. The van der Waals surface area contributed by atoms with E-state index in [1.165, 1.54) is 0 Å². The minimum atomic E-state index is 0.697. The van der Waals surface area contributed by atoms with Gasteiger partial charge in [-0.2, -0.15) is 5.26 Å². The normalized spacial score (nSPS) is 11.3. The Hall–Kier alpha value is -1.29. The number of hydrogen-bond acceptors (Lipinski definition) is 1. The Morgan fingerprint density at radius 3 is 2.36 bits per heavy atom. The lowest BCUT2D eigenvalue weighted by Crippen LogP contribution is -1.72. The molecular weight excluding hydrogens is 134 g/mol. The van der Waals surface area contributed by atoms with Gasteiger partial charge in [0.05, 0.1) is 11.6 Å². The molecule has 11 heavy (non-hydrogen) atoms. The number of nitrogens with zero attached hydrogens (tertiary/aromatic N) is 1. The van der Waals surface area contributed by atoms with E-state index in [1.54, 1.807) is 6.08 Å². The van der Waals surface area contributed by atoms with Gasteiger partial charge in [0.2, 0.25) is 0 Å². The summed E-state index contributed by atoms with van der Waals surface area (Å²) in [7, 11) is 0. The molecule has 0 aliphatic rings. The van der Waals surface area contributed by atoms with Crippen LogP contribution in [0.1, 0.15) is 20.8 Å². The van der Waals surface area contributed by atoms with E-state index in [9.17, 15) is 0 Å². The molecule has 0 saturated heterocycles. The molecule has 1 heteroatoms. The van der Waals surface area contributed by atoms with Crippen molar-refractivity contribution in [3.8, 4) is 6.07 Å². The van der Waals surface area contributed by atoms with E-state index >= 15 is 0 Å². The largest absolute Gasteiger partial charge is 0.192 e. The molecule has 0 heterocycles. The van der Waals surface area contributed by atoms with Gasteiger partial charge >= 0.3 is 0 Å². The van der Waals surface area contributed by atoms with Crippen LogP contribution in [-0.2, 0) is 0 Å². The summed E-state index contributed by atoms with van der Waals surface area (Å²) in [6.45, 7) is 5.87. The van der Waals surface area contributed by atoms with Crippen molar-refractivity contribution in [2.75, 3.05) is 0 Å². The molecule has 0 saturated carbocycles. The lowest BCUT2D eigenvalue weighted by atomic mass is 10.2. The van der Waals surface area contributed by atoms with Crippen LogP contribution in [0.4, 0.5) is 0 Å². The zero-order valence-electron chi connectivity index (χ0n) is 7.26. The molecule has 0 unspecified atom stereocenters. The number of hydrogen-bond donors (Lipinski definition) is 0. The van der Waals surface area contributed by atoms with Crippen LogP contribution in [0.25, 0.3) is 0 Å². The summed E-state index contributed by atoms with van der Waals surface area (Å²) in [5.41, 5.74) is 1.84. The summed E-state index contributed by atoms with van der Waals surface area (Å²) < 4.78 is 0. The lowest BCUT2D eigenvalue weighted by Gasteiger charge is -1.87. The molecular formula is C10H13N. The summed E-state index contributed by atoms with van der Waals surface area (Å²) in [4.78, 5) is 0. The van der Waals surface area contributed by atoms with Gasteiger partial charge < -0.3 is 0 Å². The Morgan fingerprint density at radius 2 is 2.00 bits per heavy atom. The van der Waals surface area contributed by atoms with E-state index in [0.717, 1.165) is 5.57 Å². The topological polar surface area (TPSA) is 23.8 Å². The fraction of sp³-hybridized carbons (Fsp3) is 0.300. The van der Waals surface area contributed by atoms with Crippen molar-refractivity contribution in [1.82, 2.24) is 0 Å². The highest BCUT2D eigenvalue weighted by atomic mass is 14.2. The molecule has 0 amide bonds. The Labute approximate surface area is 68.3 Å². The SMILES string of the molecule is C/C=C/C=C(/C#N)C=C(C)C. The van der Waals surface area contributed by atoms with E-state index in [2.05, 4.69) is 6.07 Å². The zero-order chi connectivity index (χ0) is 8.69. The molecule has 0 fully saturated rings. The van der Waals surface area contributed by atoms with Gasteiger partial charge in [-0.15, -0.1) is 0 Å². The second-order valence-corrected chi connectivity index (χ2v) is 2.48. The summed E-state index contributed by atoms with van der Waals surface area (Å²) in [6.07, 6.45) is 7.42. The van der Waals surface area contributed by atoms with Crippen molar-refractivity contribution in [2.24, 2.45) is 0 Å². The molecule has 0 aromatic heterocycles. The van der Waals surface area contributed by atoms with Crippen molar-refractivity contribution in [1.29, 1.82) is 5.26 Å². The van der Waals surface area contributed by atoms with Crippen LogP contribution >= 0.6 is 0 Å². The highest BCUT2D eigenvalue weighted by Crippen LogP contribution is 2.00. The van der Waals surface area contributed by atoms with E-state index < -0.39 is 0 Å². The lowest BCUT2D eigenvalue weighted by molar-refractivity contribution is 1.37. The van der Waals surface area contributed by atoms with Crippen LogP contribution in [0.2, 0.25) is 0 Å². The standard InChI is InChI=1S/C10H13N/c1-4-5-6-10(8-11)7-9(2)3/h4-7H,1-3H3/b5-4+,10-6+. The van der Waals surface area contributed by atoms with Gasteiger partial charge in [-0.25, -0.2) is 0 Å². The molecule has 1 nitrogen and oxygen atoms in total. The average molecular weight is 147 g/mol. The molecule has 0 spiro atoms. The van der Waals surface area contributed by atoms with Crippen molar-refractivity contribution in [2.45, 2.75) is 20.8 Å². The Kier molecular flexibility index (Phi) is 4.85. The molecule has 0 bridgehead atoms. The minimum absolute atomic E-state index is 0.697. The summed E-state index contributed by atoms with van der Waals surface area (Å²) in [5.74, 6) is 0. The van der Waals surface area contributed by atoms with Crippen molar-refractivity contribution in [3.05, 3.63) is 35.5 Å². The van der Waals surface area contributed by atoms with E-state index in [-0.39, 0.29) is 0 Å².